The van der Waals surface area contributed by atoms with Crippen molar-refractivity contribution in [2.75, 3.05) is 0 Å². The fraction of sp³-hybridized carbons (Fsp3) is 0.429. The van der Waals surface area contributed by atoms with Gasteiger partial charge >= 0.3 is 6.03 Å². The monoisotopic (exact) mass is 310 g/mol. The Morgan fingerprint density at radius 2 is 1.86 bits per heavy atom. The first-order chi connectivity index (χ1) is 9.88. The molecule has 1 atom stereocenters. The number of urea groups is 1. The Balaban J connectivity index is 2.01. The zero-order chi connectivity index (χ0) is 15.5. The summed E-state index contributed by atoms with van der Waals surface area (Å²) in [6.07, 6.45) is 2.65. The molecular weight excluding hydrogens is 292 g/mol. The van der Waals surface area contributed by atoms with Crippen LogP contribution in [0.15, 0.2) is 29.2 Å². The summed E-state index contributed by atoms with van der Waals surface area (Å²) in [4.78, 5) is 23.4. The Hall–Kier alpha value is -1.89. The van der Waals surface area contributed by atoms with E-state index in [1.165, 1.54) is 12.1 Å². The Labute approximate surface area is 124 Å². The number of carbonyl (C=O) groups excluding carboxylic acids is 2. The van der Waals surface area contributed by atoms with E-state index < -0.39 is 22.1 Å². The maximum atomic E-state index is 12.0. The van der Waals surface area contributed by atoms with Gasteiger partial charge in [-0.05, 0) is 31.9 Å². The van der Waals surface area contributed by atoms with E-state index in [-0.39, 0.29) is 10.7 Å². The van der Waals surface area contributed by atoms with Crippen LogP contribution in [-0.4, -0.2) is 26.3 Å². The van der Waals surface area contributed by atoms with E-state index in [0.717, 1.165) is 18.4 Å². The van der Waals surface area contributed by atoms with Gasteiger partial charge < -0.3 is 5.32 Å². The molecule has 2 amide bonds. The summed E-state index contributed by atoms with van der Waals surface area (Å²) in [7, 11) is -3.92. The number of hydrogen-bond donors (Lipinski definition) is 2. The van der Waals surface area contributed by atoms with Gasteiger partial charge in [0.25, 0.3) is 10.0 Å². The minimum atomic E-state index is -3.92. The molecule has 0 spiro atoms. The van der Waals surface area contributed by atoms with Crippen molar-refractivity contribution in [2.24, 2.45) is 0 Å². The van der Waals surface area contributed by atoms with Crippen molar-refractivity contribution in [3.63, 3.8) is 0 Å². The topological polar surface area (TPSA) is 92.3 Å². The van der Waals surface area contributed by atoms with E-state index in [1.54, 1.807) is 12.1 Å². The van der Waals surface area contributed by atoms with Crippen LogP contribution < -0.4 is 10.0 Å². The van der Waals surface area contributed by atoms with Crippen LogP contribution in [0.2, 0.25) is 0 Å². The predicted octanol–water partition coefficient (Wildman–Crippen LogP) is 1.49. The van der Waals surface area contributed by atoms with Crippen LogP contribution >= 0.6 is 0 Å². The molecule has 1 aliphatic carbocycles. The maximum Gasteiger partial charge on any atom is 0.329 e. The van der Waals surface area contributed by atoms with Gasteiger partial charge in [-0.3, -0.25) is 4.79 Å². The highest BCUT2D eigenvalue weighted by Crippen LogP contribution is 2.14. The molecule has 0 heterocycles. The van der Waals surface area contributed by atoms with Gasteiger partial charge in [0.2, 0.25) is 0 Å². The van der Waals surface area contributed by atoms with Crippen molar-refractivity contribution >= 4 is 21.8 Å². The number of nitrogens with one attached hydrogen (secondary N) is 2. The fourth-order valence-corrected chi connectivity index (χ4v) is 3.14. The Morgan fingerprint density at radius 3 is 2.48 bits per heavy atom. The number of hydrogen-bond acceptors (Lipinski definition) is 4. The summed E-state index contributed by atoms with van der Waals surface area (Å²) in [5, 5.41) is 2.43. The second kappa shape index (κ2) is 6.26. The predicted molar refractivity (Wildman–Crippen MR) is 77.3 cm³/mol. The molecule has 1 fully saturated rings. The number of carbonyl (C=O) groups is 2. The Bertz CT molecular complexity index is 637. The molecule has 2 N–H and O–H groups in total. The molecule has 0 bridgehead atoms. The zero-order valence-electron chi connectivity index (χ0n) is 11.8. The van der Waals surface area contributed by atoms with Crippen molar-refractivity contribution in [1.29, 1.82) is 0 Å². The van der Waals surface area contributed by atoms with E-state index in [9.17, 15) is 18.0 Å². The minimum absolute atomic E-state index is 0.0122. The molecule has 114 valence electrons. The van der Waals surface area contributed by atoms with Crippen LogP contribution in [0.25, 0.3) is 0 Å². The van der Waals surface area contributed by atoms with Gasteiger partial charge in [-0.2, -0.15) is 0 Å². The Morgan fingerprint density at radius 1 is 1.19 bits per heavy atom. The lowest BCUT2D eigenvalue weighted by molar-refractivity contribution is -0.122. The minimum Gasteiger partial charge on any atom is -0.328 e. The first-order valence-corrected chi connectivity index (χ1v) is 8.29. The van der Waals surface area contributed by atoms with Crippen molar-refractivity contribution in [2.45, 2.75) is 43.5 Å². The molecule has 0 aromatic heterocycles. The lowest BCUT2D eigenvalue weighted by Gasteiger charge is -2.21. The molecule has 21 heavy (non-hydrogen) atoms. The van der Waals surface area contributed by atoms with E-state index >= 15 is 0 Å². The third-order valence-electron chi connectivity index (χ3n) is 3.42. The molecule has 0 aliphatic heterocycles. The number of sulfonamides is 1. The molecule has 1 unspecified atom stereocenters. The average Bonchev–Trinajstić information content (AvgIpc) is 2.41. The van der Waals surface area contributed by atoms with E-state index in [2.05, 4.69) is 5.32 Å². The van der Waals surface area contributed by atoms with E-state index in [4.69, 9.17) is 0 Å². The highest BCUT2D eigenvalue weighted by atomic mass is 32.2. The van der Waals surface area contributed by atoms with Crippen LogP contribution in [0.5, 0.6) is 0 Å². The van der Waals surface area contributed by atoms with Gasteiger partial charge in [-0.1, -0.05) is 24.1 Å². The van der Waals surface area contributed by atoms with Gasteiger partial charge in [0.15, 0.2) is 5.78 Å². The van der Waals surface area contributed by atoms with Crippen molar-refractivity contribution in [3.05, 3.63) is 29.8 Å². The highest BCUT2D eigenvalue weighted by molar-refractivity contribution is 7.90. The third kappa shape index (κ3) is 4.04. The number of aryl methyl sites for hydroxylation is 1. The number of rotatable bonds is 3. The largest absolute Gasteiger partial charge is 0.329 e. The molecule has 6 nitrogen and oxygen atoms in total. The normalized spacial score (nSPS) is 19.1. The van der Waals surface area contributed by atoms with E-state index in [1.807, 2.05) is 11.6 Å². The van der Waals surface area contributed by atoms with Crippen molar-refractivity contribution < 1.29 is 18.0 Å². The SMILES string of the molecule is Cc1ccc(S(=O)(=O)NC(=O)NC2CCCCC2=O)cc1. The van der Waals surface area contributed by atoms with Crippen LogP contribution in [0.3, 0.4) is 0 Å². The maximum absolute atomic E-state index is 12.0. The summed E-state index contributed by atoms with van der Waals surface area (Å²) < 4.78 is 26.0. The first kappa shape index (κ1) is 15.5. The van der Waals surface area contributed by atoms with Crippen molar-refractivity contribution in [1.82, 2.24) is 10.0 Å². The molecule has 1 aliphatic rings. The second-order valence-electron chi connectivity index (χ2n) is 5.16. The number of benzene rings is 1. The summed E-state index contributed by atoms with van der Waals surface area (Å²) in [5.41, 5.74) is 0.922. The number of Topliss-reactive ketones (excluding diaryl/α,β-unsaturated/α-hetero) is 1. The fourth-order valence-electron chi connectivity index (χ4n) is 2.22. The standard InChI is InChI=1S/C14H18N2O4S/c1-10-6-8-11(9-7-10)21(19,20)16-14(18)15-12-4-2-3-5-13(12)17/h6-9,12H,2-5H2,1H3,(H2,15,16,18). The first-order valence-electron chi connectivity index (χ1n) is 6.81. The van der Waals surface area contributed by atoms with Gasteiger partial charge in [-0.15, -0.1) is 0 Å². The van der Waals surface area contributed by atoms with Gasteiger partial charge in [0.1, 0.15) is 0 Å². The number of ketones is 1. The van der Waals surface area contributed by atoms with E-state index in [0.29, 0.717) is 12.8 Å². The highest BCUT2D eigenvalue weighted by Gasteiger charge is 2.25. The van der Waals surface area contributed by atoms with Crippen LogP contribution in [0, 0.1) is 6.92 Å². The quantitative estimate of drug-likeness (QED) is 0.885. The Kier molecular flexibility index (Phi) is 4.62. The lowest BCUT2D eigenvalue weighted by atomic mass is 9.94. The molecule has 1 saturated carbocycles. The van der Waals surface area contributed by atoms with Crippen LogP contribution in [-0.2, 0) is 14.8 Å². The second-order valence-corrected chi connectivity index (χ2v) is 6.84. The van der Waals surface area contributed by atoms with Gasteiger partial charge in [0.05, 0.1) is 10.9 Å². The lowest BCUT2D eigenvalue weighted by Crippen LogP contribution is -2.48. The van der Waals surface area contributed by atoms with Crippen molar-refractivity contribution in [3.8, 4) is 0 Å². The van der Waals surface area contributed by atoms with Crippen LogP contribution in [0.4, 0.5) is 4.79 Å². The molecule has 0 saturated heterocycles. The summed E-state index contributed by atoms with van der Waals surface area (Å²) in [6.45, 7) is 1.84. The average molecular weight is 310 g/mol. The smallest absolute Gasteiger partial charge is 0.328 e. The van der Waals surface area contributed by atoms with Crippen LogP contribution in [0.1, 0.15) is 31.2 Å². The van der Waals surface area contributed by atoms with Gasteiger partial charge in [-0.25, -0.2) is 17.9 Å². The summed E-state index contributed by atoms with van der Waals surface area (Å²) in [6, 6.07) is 4.70. The molecule has 1 aromatic carbocycles. The molecular formula is C14H18N2O4S. The molecule has 7 heteroatoms. The summed E-state index contributed by atoms with van der Waals surface area (Å²) in [5.74, 6) is -0.0517. The molecule has 0 radical (unpaired) electrons. The zero-order valence-corrected chi connectivity index (χ0v) is 12.6. The third-order valence-corrected chi connectivity index (χ3v) is 4.77. The summed E-state index contributed by atoms with van der Waals surface area (Å²) >= 11 is 0. The number of amides is 2. The van der Waals surface area contributed by atoms with Gasteiger partial charge in [0, 0.05) is 6.42 Å². The molecule has 2 rings (SSSR count). The molecule has 1 aromatic rings.